The molecule has 1 heterocycles. The van der Waals surface area contributed by atoms with Gasteiger partial charge in [-0.2, -0.15) is 0 Å². The van der Waals surface area contributed by atoms with Crippen LogP contribution in [0.1, 0.15) is 32.5 Å². The zero-order valence-electron chi connectivity index (χ0n) is 21.2. The van der Waals surface area contributed by atoms with E-state index in [-0.39, 0.29) is 5.92 Å². The third-order valence-corrected chi connectivity index (χ3v) is 6.47. The Hall–Kier alpha value is -2.81. The summed E-state index contributed by atoms with van der Waals surface area (Å²) in [5.74, 6) is 0.318. The standard InChI is InChI=1S/C27H35Cl2N5O3/c1-18(2)16-23(27(36)37)32-26(35)21(30)9-11-25-31-22-17-20(33(14-12-28)15-13-29)8-10-24(22)34(25)19-6-4-3-5-7-19/h3-8,10,17-18,21,23H,9,11-16,30H2,1-2H3,(H,32,35)(H,36,37). The van der Waals surface area contributed by atoms with Crippen molar-refractivity contribution in [2.24, 2.45) is 11.7 Å². The van der Waals surface area contributed by atoms with Crippen molar-refractivity contribution in [3.8, 4) is 5.69 Å². The second kappa shape index (κ2) is 13.7. The van der Waals surface area contributed by atoms with Crippen LogP contribution in [0.2, 0.25) is 0 Å². The molecule has 37 heavy (non-hydrogen) atoms. The van der Waals surface area contributed by atoms with Gasteiger partial charge >= 0.3 is 5.97 Å². The van der Waals surface area contributed by atoms with Gasteiger partial charge in [-0.05, 0) is 49.1 Å². The Balaban J connectivity index is 1.87. The molecule has 0 bridgehead atoms. The molecule has 2 unspecified atom stereocenters. The summed E-state index contributed by atoms with van der Waals surface area (Å²) in [6.45, 7) is 5.16. The number of anilines is 1. The van der Waals surface area contributed by atoms with Crippen molar-refractivity contribution in [2.75, 3.05) is 29.7 Å². The van der Waals surface area contributed by atoms with Gasteiger partial charge in [0.05, 0.1) is 17.1 Å². The number of imidazole rings is 1. The molecule has 3 aromatic rings. The number of alkyl halides is 2. The lowest BCUT2D eigenvalue weighted by Crippen LogP contribution is -2.49. The molecule has 0 saturated carbocycles. The van der Waals surface area contributed by atoms with Crippen molar-refractivity contribution in [3.63, 3.8) is 0 Å². The highest BCUT2D eigenvalue weighted by molar-refractivity contribution is 6.18. The smallest absolute Gasteiger partial charge is 0.326 e. The number of nitrogens with zero attached hydrogens (tertiary/aromatic N) is 3. The zero-order valence-corrected chi connectivity index (χ0v) is 22.8. The van der Waals surface area contributed by atoms with Crippen molar-refractivity contribution >= 4 is 51.8 Å². The van der Waals surface area contributed by atoms with Crippen LogP contribution in [0.3, 0.4) is 0 Å². The summed E-state index contributed by atoms with van der Waals surface area (Å²) in [6.07, 6.45) is 1.08. The van der Waals surface area contributed by atoms with Gasteiger partial charge in [0.1, 0.15) is 11.9 Å². The predicted octanol–water partition coefficient (Wildman–Crippen LogP) is 4.18. The molecule has 0 saturated heterocycles. The van der Waals surface area contributed by atoms with Crippen molar-refractivity contribution in [2.45, 2.75) is 45.2 Å². The van der Waals surface area contributed by atoms with Crippen LogP contribution in [-0.4, -0.2) is 63.5 Å². The number of aliphatic carboxylic acids is 1. The molecule has 0 aliphatic heterocycles. The molecule has 8 nitrogen and oxygen atoms in total. The molecule has 0 aliphatic rings. The molecule has 0 aliphatic carbocycles. The molecule has 200 valence electrons. The number of carbonyl (C=O) groups is 2. The highest BCUT2D eigenvalue weighted by Crippen LogP contribution is 2.27. The van der Waals surface area contributed by atoms with Crippen LogP contribution < -0.4 is 16.0 Å². The summed E-state index contributed by atoms with van der Waals surface area (Å²) in [6, 6.07) is 14.1. The zero-order chi connectivity index (χ0) is 26.9. The number of nitrogens with one attached hydrogen (secondary N) is 1. The number of fused-ring (bicyclic) bond motifs is 1. The van der Waals surface area contributed by atoms with E-state index in [9.17, 15) is 14.7 Å². The highest BCUT2D eigenvalue weighted by atomic mass is 35.5. The number of aryl methyl sites for hydroxylation is 1. The van der Waals surface area contributed by atoms with Crippen molar-refractivity contribution in [1.29, 1.82) is 0 Å². The van der Waals surface area contributed by atoms with E-state index in [1.807, 2.05) is 62.4 Å². The number of hydrogen-bond acceptors (Lipinski definition) is 5. The third-order valence-electron chi connectivity index (χ3n) is 6.13. The normalized spacial score (nSPS) is 13.0. The van der Waals surface area contributed by atoms with Crippen LogP contribution in [0.4, 0.5) is 5.69 Å². The van der Waals surface area contributed by atoms with Gasteiger partial charge in [-0.15, -0.1) is 23.2 Å². The van der Waals surface area contributed by atoms with Gasteiger partial charge < -0.3 is 21.1 Å². The number of rotatable bonds is 14. The fourth-order valence-electron chi connectivity index (χ4n) is 4.31. The minimum atomic E-state index is -1.06. The first-order chi connectivity index (χ1) is 17.7. The highest BCUT2D eigenvalue weighted by Gasteiger charge is 2.25. The number of carbonyl (C=O) groups excluding carboxylic acids is 1. The summed E-state index contributed by atoms with van der Waals surface area (Å²) in [5, 5.41) is 12.0. The number of halogens is 2. The van der Waals surface area contributed by atoms with E-state index in [0.717, 1.165) is 28.2 Å². The quantitative estimate of drug-likeness (QED) is 0.261. The van der Waals surface area contributed by atoms with Crippen LogP contribution >= 0.6 is 23.2 Å². The van der Waals surface area contributed by atoms with Gasteiger partial charge in [-0.25, -0.2) is 9.78 Å². The number of carboxylic acid groups (broad SMARTS) is 1. The van der Waals surface area contributed by atoms with Gasteiger partial charge in [0.25, 0.3) is 0 Å². The first-order valence-corrected chi connectivity index (χ1v) is 13.5. The molecule has 10 heteroatoms. The monoisotopic (exact) mass is 547 g/mol. The lowest BCUT2D eigenvalue weighted by molar-refractivity contribution is -0.142. The Labute approximate surface area is 227 Å². The largest absolute Gasteiger partial charge is 0.480 e. The number of para-hydroxylation sites is 1. The van der Waals surface area contributed by atoms with E-state index in [1.165, 1.54) is 0 Å². The Kier molecular flexibility index (Phi) is 10.6. The molecule has 2 aromatic carbocycles. The molecular weight excluding hydrogens is 513 g/mol. The first-order valence-electron chi connectivity index (χ1n) is 12.5. The Morgan fingerprint density at radius 2 is 1.78 bits per heavy atom. The van der Waals surface area contributed by atoms with Gasteiger partial charge in [0.15, 0.2) is 0 Å². The van der Waals surface area contributed by atoms with Crippen LogP contribution in [0, 0.1) is 5.92 Å². The number of carboxylic acids is 1. The third kappa shape index (κ3) is 7.60. The maximum absolute atomic E-state index is 12.7. The predicted molar refractivity (Wildman–Crippen MR) is 150 cm³/mol. The van der Waals surface area contributed by atoms with E-state index in [1.54, 1.807) is 0 Å². The summed E-state index contributed by atoms with van der Waals surface area (Å²) in [7, 11) is 0. The molecule has 1 amide bonds. The molecule has 3 rings (SSSR count). The number of nitrogens with two attached hydrogens (primary N) is 1. The maximum atomic E-state index is 12.7. The molecular formula is C27H35Cl2N5O3. The number of benzene rings is 2. The molecule has 0 spiro atoms. The fourth-order valence-corrected chi connectivity index (χ4v) is 4.72. The van der Waals surface area contributed by atoms with Crippen molar-refractivity contribution in [3.05, 3.63) is 54.4 Å². The topological polar surface area (TPSA) is 113 Å². The Morgan fingerprint density at radius 3 is 2.38 bits per heavy atom. The van der Waals surface area contributed by atoms with Crippen LogP contribution in [-0.2, 0) is 16.0 Å². The Morgan fingerprint density at radius 1 is 1.11 bits per heavy atom. The summed E-state index contributed by atoms with van der Waals surface area (Å²) in [4.78, 5) is 31.2. The Bertz CT molecular complexity index is 1180. The number of amides is 1. The fraction of sp³-hybridized carbons (Fsp3) is 0.444. The summed E-state index contributed by atoms with van der Waals surface area (Å²) in [5.41, 5.74) is 9.86. The summed E-state index contributed by atoms with van der Waals surface area (Å²) >= 11 is 12.0. The summed E-state index contributed by atoms with van der Waals surface area (Å²) < 4.78 is 2.07. The van der Waals surface area contributed by atoms with Crippen LogP contribution in [0.25, 0.3) is 16.7 Å². The SMILES string of the molecule is CC(C)CC(NC(=O)C(N)CCc1nc2cc(N(CCCl)CCCl)ccc2n1-c1ccccc1)C(=O)O. The van der Waals surface area contributed by atoms with E-state index < -0.39 is 24.0 Å². The van der Waals surface area contributed by atoms with Crippen molar-refractivity contribution < 1.29 is 14.7 Å². The maximum Gasteiger partial charge on any atom is 0.326 e. The molecule has 4 N–H and O–H groups in total. The average molecular weight is 549 g/mol. The van der Waals surface area contributed by atoms with Gasteiger partial charge in [0.2, 0.25) is 5.91 Å². The number of hydrogen-bond donors (Lipinski definition) is 3. The lowest BCUT2D eigenvalue weighted by Gasteiger charge is -2.22. The van der Waals surface area contributed by atoms with Crippen LogP contribution in [0.15, 0.2) is 48.5 Å². The van der Waals surface area contributed by atoms with E-state index in [2.05, 4.69) is 14.8 Å². The molecule has 1 aromatic heterocycles. The van der Waals surface area contributed by atoms with Gasteiger partial charge in [-0.3, -0.25) is 9.36 Å². The molecule has 2 atom stereocenters. The molecule has 0 radical (unpaired) electrons. The number of aromatic nitrogens is 2. The van der Waals surface area contributed by atoms with Crippen molar-refractivity contribution in [1.82, 2.24) is 14.9 Å². The van der Waals surface area contributed by atoms with Gasteiger partial charge in [0, 0.05) is 42.6 Å². The van der Waals surface area contributed by atoms with E-state index in [4.69, 9.17) is 33.9 Å². The average Bonchev–Trinajstić information content (AvgIpc) is 3.24. The van der Waals surface area contributed by atoms with E-state index >= 15 is 0 Å². The minimum Gasteiger partial charge on any atom is -0.480 e. The second-order valence-electron chi connectivity index (χ2n) is 9.41. The van der Waals surface area contributed by atoms with E-state index in [0.29, 0.717) is 44.1 Å². The lowest BCUT2D eigenvalue weighted by atomic mass is 10.0. The molecule has 0 fully saturated rings. The minimum absolute atomic E-state index is 0.123. The van der Waals surface area contributed by atoms with Crippen LogP contribution in [0.5, 0.6) is 0 Å². The second-order valence-corrected chi connectivity index (χ2v) is 10.2. The first kappa shape index (κ1) is 28.8. The van der Waals surface area contributed by atoms with Gasteiger partial charge in [-0.1, -0.05) is 32.0 Å².